The number of esters is 1. The molecular weight excluding hydrogens is 382 g/mol. The lowest BCUT2D eigenvalue weighted by Crippen LogP contribution is -2.46. The lowest BCUT2D eigenvalue weighted by atomic mass is 9.66. The fraction of sp³-hybridized carbons (Fsp3) is 0.583. The summed E-state index contributed by atoms with van der Waals surface area (Å²) < 4.78 is 11.0. The maximum absolute atomic E-state index is 13.1. The minimum atomic E-state index is -0.840. The molecule has 0 spiro atoms. The molecule has 6 heteroatoms. The summed E-state index contributed by atoms with van der Waals surface area (Å²) in [4.78, 5) is 27.6. The van der Waals surface area contributed by atoms with Gasteiger partial charge in [-0.15, -0.1) is 0 Å². The Kier molecular flexibility index (Phi) is 7.70. The molecule has 1 N–H and O–H groups in total. The highest BCUT2D eigenvalue weighted by Gasteiger charge is 2.57. The number of aliphatic hydroxyl groups excluding tert-OH is 1. The van der Waals surface area contributed by atoms with Gasteiger partial charge in [0.05, 0.1) is 6.61 Å². The summed E-state index contributed by atoms with van der Waals surface area (Å²) in [6.07, 6.45) is 0.394. The van der Waals surface area contributed by atoms with Gasteiger partial charge in [-0.25, -0.2) is 9.59 Å². The van der Waals surface area contributed by atoms with Crippen LogP contribution in [0.25, 0.3) is 0 Å². The first-order chi connectivity index (χ1) is 14.1. The van der Waals surface area contributed by atoms with Crippen molar-refractivity contribution in [2.75, 3.05) is 19.8 Å². The molecule has 1 amide bonds. The monoisotopic (exact) mass is 417 g/mol. The molecule has 1 aromatic carbocycles. The molecule has 1 saturated heterocycles. The number of aliphatic hydroxyl groups is 1. The number of amides is 1. The van der Waals surface area contributed by atoms with Gasteiger partial charge in [0.25, 0.3) is 0 Å². The minimum absolute atomic E-state index is 0.105. The van der Waals surface area contributed by atoms with Crippen LogP contribution in [0.5, 0.6) is 0 Å². The fourth-order valence-corrected chi connectivity index (χ4v) is 4.38. The molecule has 1 fully saturated rings. The van der Waals surface area contributed by atoms with Gasteiger partial charge in [-0.2, -0.15) is 0 Å². The topological polar surface area (TPSA) is 76.1 Å². The van der Waals surface area contributed by atoms with Crippen molar-refractivity contribution >= 4 is 12.1 Å². The Balaban J connectivity index is 2.55. The van der Waals surface area contributed by atoms with Gasteiger partial charge in [-0.1, -0.05) is 42.5 Å². The van der Waals surface area contributed by atoms with Crippen LogP contribution >= 0.6 is 0 Å². The number of ether oxygens (including phenoxy) is 2. The first-order valence-electron chi connectivity index (χ1n) is 10.5. The quantitative estimate of drug-likeness (QED) is 0.537. The Morgan fingerprint density at radius 1 is 1.27 bits per heavy atom. The van der Waals surface area contributed by atoms with Gasteiger partial charge in [0.1, 0.15) is 11.6 Å². The van der Waals surface area contributed by atoms with E-state index in [4.69, 9.17) is 9.47 Å². The van der Waals surface area contributed by atoms with Crippen LogP contribution in [0.15, 0.2) is 42.5 Å². The van der Waals surface area contributed by atoms with E-state index in [1.165, 1.54) is 4.90 Å². The zero-order valence-corrected chi connectivity index (χ0v) is 18.8. The van der Waals surface area contributed by atoms with Crippen LogP contribution in [0, 0.1) is 11.3 Å². The van der Waals surface area contributed by atoms with Gasteiger partial charge >= 0.3 is 12.1 Å². The molecule has 1 aliphatic rings. The molecule has 1 heterocycles. The van der Waals surface area contributed by atoms with Crippen LogP contribution in [0.2, 0.25) is 0 Å². The number of carbonyl (C=O) groups excluding carboxylic acids is 2. The third kappa shape index (κ3) is 5.22. The minimum Gasteiger partial charge on any atom is -0.464 e. The highest BCUT2D eigenvalue weighted by molar-refractivity contribution is 5.83. The Hall–Kier alpha value is -2.34. The Morgan fingerprint density at radius 2 is 1.90 bits per heavy atom. The smallest absolute Gasteiger partial charge is 0.411 e. The van der Waals surface area contributed by atoms with Crippen LogP contribution < -0.4 is 0 Å². The second-order valence-corrected chi connectivity index (χ2v) is 9.02. The van der Waals surface area contributed by atoms with E-state index in [1.807, 2.05) is 37.3 Å². The Morgan fingerprint density at radius 3 is 2.40 bits per heavy atom. The fourth-order valence-electron chi connectivity index (χ4n) is 4.38. The van der Waals surface area contributed by atoms with E-state index < -0.39 is 29.1 Å². The van der Waals surface area contributed by atoms with E-state index in [0.717, 1.165) is 11.1 Å². The van der Waals surface area contributed by atoms with Crippen LogP contribution in [-0.2, 0) is 20.7 Å². The van der Waals surface area contributed by atoms with Crippen molar-refractivity contribution in [2.45, 2.75) is 59.1 Å². The third-order valence-corrected chi connectivity index (χ3v) is 5.69. The molecule has 6 nitrogen and oxygen atoms in total. The summed E-state index contributed by atoms with van der Waals surface area (Å²) in [6, 6.07) is 9.09. The van der Waals surface area contributed by atoms with Gasteiger partial charge in [0, 0.05) is 24.5 Å². The maximum atomic E-state index is 13.1. The number of carbonyl (C=O) groups is 2. The predicted molar refractivity (Wildman–Crippen MR) is 116 cm³/mol. The van der Waals surface area contributed by atoms with Gasteiger partial charge < -0.3 is 14.6 Å². The lowest BCUT2D eigenvalue weighted by molar-refractivity contribution is -0.150. The molecule has 3 atom stereocenters. The van der Waals surface area contributed by atoms with Crippen LogP contribution in [-0.4, -0.2) is 53.5 Å². The van der Waals surface area contributed by atoms with E-state index >= 15 is 0 Å². The van der Waals surface area contributed by atoms with Gasteiger partial charge in [-0.3, -0.25) is 4.90 Å². The molecule has 0 aliphatic carbocycles. The van der Waals surface area contributed by atoms with Crippen LogP contribution in [0.1, 0.15) is 46.6 Å². The summed E-state index contributed by atoms with van der Waals surface area (Å²) in [6.45, 7) is 13.7. The van der Waals surface area contributed by atoms with Crippen molar-refractivity contribution in [1.82, 2.24) is 4.90 Å². The Labute approximate surface area is 179 Å². The predicted octanol–water partition coefficient (Wildman–Crippen LogP) is 3.97. The molecule has 2 rings (SSSR count). The molecule has 0 unspecified atom stereocenters. The summed E-state index contributed by atoms with van der Waals surface area (Å²) in [5.74, 6) is -0.815. The average molecular weight is 418 g/mol. The van der Waals surface area contributed by atoms with Crippen molar-refractivity contribution in [2.24, 2.45) is 11.3 Å². The second-order valence-electron chi connectivity index (χ2n) is 9.02. The van der Waals surface area contributed by atoms with E-state index in [-0.39, 0.29) is 25.7 Å². The van der Waals surface area contributed by atoms with Crippen LogP contribution in [0.3, 0.4) is 0 Å². The van der Waals surface area contributed by atoms with E-state index in [2.05, 4.69) is 6.58 Å². The number of benzene rings is 1. The average Bonchev–Trinajstić information content (AvgIpc) is 2.97. The molecule has 0 saturated carbocycles. The summed E-state index contributed by atoms with van der Waals surface area (Å²) >= 11 is 0. The molecule has 1 aliphatic heterocycles. The van der Waals surface area contributed by atoms with Crippen molar-refractivity contribution in [3.8, 4) is 0 Å². The number of rotatable bonds is 7. The molecule has 0 radical (unpaired) electrons. The molecular formula is C24H35NO5. The SMILES string of the molecule is C=C(C)[C@@]1(Cc2ccccc2)CN(C(=O)OC(C)(C)C)[C@H](C(=O)OCC)[C@H]1CCO. The molecule has 30 heavy (non-hydrogen) atoms. The second kappa shape index (κ2) is 9.65. The highest BCUT2D eigenvalue weighted by atomic mass is 16.6. The number of nitrogens with zero attached hydrogens (tertiary/aromatic N) is 1. The van der Waals surface area contributed by atoms with Gasteiger partial charge in [0.15, 0.2) is 0 Å². The first kappa shape index (κ1) is 23.9. The lowest BCUT2D eigenvalue weighted by Gasteiger charge is -2.36. The summed E-state index contributed by atoms with van der Waals surface area (Å²) in [5, 5.41) is 9.83. The zero-order chi connectivity index (χ0) is 22.5. The van der Waals surface area contributed by atoms with Crippen molar-refractivity contribution in [1.29, 1.82) is 0 Å². The molecule has 0 bridgehead atoms. The van der Waals surface area contributed by atoms with E-state index in [1.54, 1.807) is 27.7 Å². The van der Waals surface area contributed by atoms with Crippen molar-refractivity contribution in [3.05, 3.63) is 48.0 Å². The first-order valence-corrected chi connectivity index (χ1v) is 10.5. The largest absolute Gasteiger partial charge is 0.464 e. The third-order valence-electron chi connectivity index (χ3n) is 5.69. The van der Waals surface area contributed by atoms with Crippen molar-refractivity contribution in [3.63, 3.8) is 0 Å². The van der Waals surface area contributed by atoms with E-state index in [0.29, 0.717) is 12.8 Å². The molecule has 1 aromatic rings. The van der Waals surface area contributed by atoms with E-state index in [9.17, 15) is 14.7 Å². The van der Waals surface area contributed by atoms with Crippen LogP contribution in [0.4, 0.5) is 4.79 Å². The normalized spacial score (nSPS) is 23.9. The summed E-state index contributed by atoms with van der Waals surface area (Å²) in [5.41, 5.74) is 0.664. The van der Waals surface area contributed by atoms with Gasteiger partial charge in [-0.05, 0) is 53.0 Å². The number of likely N-dealkylation sites (tertiary alicyclic amines) is 1. The van der Waals surface area contributed by atoms with Crippen molar-refractivity contribution < 1.29 is 24.2 Å². The Bertz CT molecular complexity index is 755. The maximum Gasteiger partial charge on any atom is 0.411 e. The molecule has 0 aromatic heterocycles. The standard InChI is InChI=1S/C24H35NO5/c1-7-29-21(27)20-19(13-14-26)24(17(2)3,15-18-11-9-8-10-12-18)16-25(20)22(28)30-23(4,5)6/h8-12,19-20,26H,2,7,13-16H2,1,3-6H3/t19-,20+,24-/m1/s1. The number of hydrogen-bond donors (Lipinski definition) is 1. The molecule has 166 valence electrons. The zero-order valence-electron chi connectivity index (χ0n) is 18.8. The number of hydrogen-bond acceptors (Lipinski definition) is 5. The highest BCUT2D eigenvalue weighted by Crippen LogP contribution is 2.50. The van der Waals surface area contributed by atoms with Gasteiger partial charge in [0.2, 0.25) is 0 Å². The summed E-state index contributed by atoms with van der Waals surface area (Å²) in [7, 11) is 0.